The summed E-state index contributed by atoms with van der Waals surface area (Å²) in [6.07, 6.45) is 15.1. The van der Waals surface area contributed by atoms with E-state index < -0.39 is 5.97 Å². The van der Waals surface area contributed by atoms with Gasteiger partial charge in [-0.25, -0.2) is 4.79 Å². The lowest BCUT2D eigenvalue weighted by molar-refractivity contribution is -0.131. The highest BCUT2D eigenvalue weighted by Crippen LogP contribution is 2.41. The quantitative estimate of drug-likeness (QED) is 0.427. The summed E-state index contributed by atoms with van der Waals surface area (Å²) in [5, 5.41) is 8.86. The van der Waals surface area contributed by atoms with E-state index in [1.54, 1.807) is 6.92 Å². The smallest absolute Gasteiger partial charge is 0.328 e. The molecular formula is C26H32O2. The first-order valence-corrected chi connectivity index (χ1v) is 9.94. The molecule has 1 aliphatic carbocycles. The van der Waals surface area contributed by atoms with Crippen molar-refractivity contribution in [1.82, 2.24) is 0 Å². The molecular weight excluding hydrogens is 344 g/mol. The summed E-state index contributed by atoms with van der Waals surface area (Å²) in [6, 6.07) is 8.50. The lowest BCUT2D eigenvalue weighted by Crippen LogP contribution is -2.19. The van der Waals surface area contributed by atoms with E-state index in [1.807, 2.05) is 18.2 Å². The maximum absolute atomic E-state index is 10.8. The molecule has 0 saturated heterocycles. The molecule has 0 heterocycles. The molecule has 2 rings (SSSR count). The summed E-state index contributed by atoms with van der Waals surface area (Å²) in [4.78, 5) is 10.8. The van der Waals surface area contributed by atoms with Gasteiger partial charge in [0.2, 0.25) is 0 Å². The van der Waals surface area contributed by atoms with Gasteiger partial charge in [-0.1, -0.05) is 79.6 Å². The number of carbonyl (C=O) groups is 1. The van der Waals surface area contributed by atoms with Gasteiger partial charge >= 0.3 is 5.97 Å². The van der Waals surface area contributed by atoms with Crippen molar-refractivity contribution in [2.75, 3.05) is 0 Å². The molecule has 0 atom stereocenters. The number of aliphatic carboxylic acids is 1. The van der Waals surface area contributed by atoms with E-state index in [9.17, 15) is 4.79 Å². The minimum atomic E-state index is -0.924. The largest absolute Gasteiger partial charge is 0.478 e. The van der Waals surface area contributed by atoms with Crippen molar-refractivity contribution >= 4 is 11.5 Å². The van der Waals surface area contributed by atoms with Crippen molar-refractivity contribution in [2.24, 2.45) is 5.41 Å². The van der Waals surface area contributed by atoms with Crippen LogP contribution in [0.3, 0.4) is 0 Å². The Kier molecular flexibility index (Phi) is 7.39. The molecule has 0 fully saturated rings. The van der Waals surface area contributed by atoms with Crippen molar-refractivity contribution in [2.45, 2.75) is 53.9 Å². The van der Waals surface area contributed by atoms with Crippen LogP contribution in [0.5, 0.6) is 0 Å². The number of allylic oxidation sites excluding steroid dienone is 9. The van der Waals surface area contributed by atoms with Gasteiger partial charge in [0, 0.05) is 6.08 Å². The van der Waals surface area contributed by atoms with Crippen LogP contribution in [-0.4, -0.2) is 11.1 Å². The van der Waals surface area contributed by atoms with Gasteiger partial charge in [-0.2, -0.15) is 0 Å². The molecule has 148 valence electrons. The number of carboxylic acid groups (broad SMARTS) is 1. The van der Waals surface area contributed by atoms with Crippen LogP contribution in [0.15, 0.2) is 77.4 Å². The predicted molar refractivity (Wildman–Crippen MR) is 119 cm³/mol. The predicted octanol–water partition coefficient (Wildman–Crippen LogP) is 7.05. The van der Waals surface area contributed by atoms with E-state index in [0.29, 0.717) is 5.57 Å². The van der Waals surface area contributed by atoms with Gasteiger partial charge in [-0.3, -0.25) is 0 Å². The highest BCUT2D eigenvalue weighted by Gasteiger charge is 2.26. The zero-order valence-corrected chi connectivity index (χ0v) is 17.8. The summed E-state index contributed by atoms with van der Waals surface area (Å²) in [5.74, 6) is -0.924. The van der Waals surface area contributed by atoms with Crippen LogP contribution in [0, 0.1) is 12.3 Å². The lowest BCUT2D eigenvalue weighted by atomic mass is 9.72. The van der Waals surface area contributed by atoms with Crippen LogP contribution in [0.25, 0.3) is 5.57 Å². The zero-order valence-electron chi connectivity index (χ0n) is 17.8. The maximum atomic E-state index is 10.8. The fourth-order valence-electron chi connectivity index (χ4n) is 3.72. The van der Waals surface area contributed by atoms with Crippen molar-refractivity contribution in [3.63, 3.8) is 0 Å². The van der Waals surface area contributed by atoms with Gasteiger partial charge in [0.1, 0.15) is 0 Å². The normalized spacial score (nSPS) is 18.3. The molecule has 0 aromatic heterocycles. The van der Waals surface area contributed by atoms with Crippen molar-refractivity contribution in [3.8, 4) is 0 Å². The molecule has 0 amide bonds. The number of carboxylic acids is 1. The number of hydrogen-bond donors (Lipinski definition) is 1. The number of aryl methyl sites for hydroxylation is 1. The third kappa shape index (κ3) is 6.23. The fourth-order valence-corrected chi connectivity index (χ4v) is 3.72. The van der Waals surface area contributed by atoms with Crippen LogP contribution in [-0.2, 0) is 4.79 Å². The minimum Gasteiger partial charge on any atom is -0.478 e. The van der Waals surface area contributed by atoms with E-state index >= 15 is 0 Å². The van der Waals surface area contributed by atoms with Gasteiger partial charge in [-0.05, 0) is 67.7 Å². The minimum absolute atomic E-state index is 0.202. The van der Waals surface area contributed by atoms with E-state index in [0.717, 1.165) is 11.1 Å². The second-order valence-electron chi connectivity index (χ2n) is 8.34. The summed E-state index contributed by atoms with van der Waals surface area (Å²) in [5.41, 5.74) is 7.32. The molecule has 28 heavy (non-hydrogen) atoms. The highest BCUT2D eigenvalue weighted by atomic mass is 16.4. The molecule has 1 aromatic rings. The van der Waals surface area contributed by atoms with E-state index in [2.05, 4.69) is 64.1 Å². The molecule has 0 bridgehead atoms. The van der Waals surface area contributed by atoms with Crippen LogP contribution in [0.1, 0.15) is 58.1 Å². The Hall–Kier alpha value is -2.61. The summed E-state index contributed by atoms with van der Waals surface area (Å²) < 4.78 is 0. The Balaban J connectivity index is 2.39. The third-order valence-electron chi connectivity index (χ3n) is 5.34. The zero-order chi connectivity index (χ0) is 20.7. The molecule has 1 aliphatic rings. The lowest BCUT2D eigenvalue weighted by Gasteiger charge is -2.33. The van der Waals surface area contributed by atoms with Gasteiger partial charge in [0.05, 0.1) is 0 Å². The first-order valence-electron chi connectivity index (χ1n) is 9.94. The number of rotatable bonds is 6. The number of hydrogen-bond acceptors (Lipinski definition) is 1. The second-order valence-corrected chi connectivity index (χ2v) is 8.34. The Labute approximate surface area is 169 Å². The summed E-state index contributed by atoms with van der Waals surface area (Å²) in [6.45, 7) is 10.8. The van der Waals surface area contributed by atoms with Gasteiger partial charge in [-0.15, -0.1) is 0 Å². The van der Waals surface area contributed by atoms with Gasteiger partial charge < -0.3 is 5.11 Å². The highest BCUT2D eigenvalue weighted by molar-refractivity contribution is 5.81. The molecule has 0 radical (unpaired) electrons. The molecule has 0 aliphatic heterocycles. The fraction of sp³-hybridized carbons (Fsp3) is 0.346. The van der Waals surface area contributed by atoms with Crippen LogP contribution >= 0.6 is 0 Å². The van der Waals surface area contributed by atoms with Crippen molar-refractivity contribution in [3.05, 3.63) is 88.6 Å². The van der Waals surface area contributed by atoms with Crippen molar-refractivity contribution < 1.29 is 9.90 Å². The number of benzene rings is 1. The molecule has 0 spiro atoms. The Bertz CT molecular complexity index is 856. The monoisotopic (exact) mass is 376 g/mol. The molecule has 1 N–H and O–H groups in total. The van der Waals surface area contributed by atoms with Crippen LogP contribution in [0.2, 0.25) is 0 Å². The molecule has 2 heteroatoms. The SMILES string of the molecule is CC1=C(/C=C/C(=C\C=C\C(C)=C\C(=O)O)c2ccc(C)cc2)C(C)(C)CCC1. The van der Waals surface area contributed by atoms with Gasteiger partial charge in [0.15, 0.2) is 0 Å². The second kappa shape index (κ2) is 9.54. The van der Waals surface area contributed by atoms with E-state index in [1.165, 1.54) is 42.0 Å². The van der Waals surface area contributed by atoms with Crippen molar-refractivity contribution in [1.29, 1.82) is 0 Å². The third-order valence-corrected chi connectivity index (χ3v) is 5.34. The first-order chi connectivity index (χ1) is 13.2. The molecule has 1 aromatic carbocycles. The molecule has 0 saturated carbocycles. The Morgan fingerprint density at radius 3 is 2.39 bits per heavy atom. The van der Waals surface area contributed by atoms with Crippen LogP contribution in [0.4, 0.5) is 0 Å². The van der Waals surface area contributed by atoms with Gasteiger partial charge in [0.25, 0.3) is 0 Å². The standard InChI is InChI=1S/C26H32O2/c1-19-11-13-23(14-12-19)22(10-6-8-20(2)18-25(27)28)15-16-24-21(3)9-7-17-26(24,4)5/h6,8,10-16,18H,7,9,17H2,1-5H3,(H,27,28)/b8-6+,16-15+,20-18+,22-10+. The maximum Gasteiger partial charge on any atom is 0.328 e. The van der Waals surface area contributed by atoms with Crippen LogP contribution < -0.4 is 0 Å². The molecule has 2 nitrogen and oxygen atoms in total. The Morgan fingerprint density at radius 1 is 1.11 bits per heavy atom. The summed E-state index contributed by atoms with van der Waals surface area (Å²) in [7, 11) is 0. The first kappa shape index (κ1) is 21.7. The average molecular weight is 377 g/mol. The average Bonchev–Trinajstić information content (AvgIpc) is 2.59. The topological polar surface area (TPSA) is 37.3 Å². The van der Waals surface area contributed by atoms with E-state index in [-0.39, 0.29) is 5.41 Å². The molecule has 0 unspecified atom stereocenters. The summed E-state index contributed by atoms with van der Waals surface area (Å²) >= 11 is 0. The Morgan fingerprint density at radius 2 is 1.79 bits per heavy atom. The van der Waals surface area contributed by atoms with E-state index in [4.69, 9.17) is 5.11 Å².